The number of aromatic nitrogens is 2. The van der Waals surface area contributed by atoms with Crippen molar-refractivity contribution in [1.82, 2.24) is 35.5 Å². The van der Waals surface area contributed by atoms with Crippen LogP contribution in [0.3, 0.4) is 0 Å². The Balaban J connectivity index is 0.698. The van der Waals surface area contributed by atoms with Crippen LogP contribution in [0.1, 0.15) is 109 Å². The molecule has 16 heteroatoms. The first-order valence-electron chi connectivity index (χ1n) is 26.2. The summed E-state index contributed by atoms with van der Waals surface area (Å²) in [6.07, 6.45) is 11.6. The van der Waals surface area contributed by atoms with E-state index in [0.717, 1.165) is 98.1 Å². The van der Waals surface area contributed by atoms with E-state index in [0.29, 0.717) is 55.6 Å². The molecule has 3 atom stereocenters. The summed E-state index contributed by atoms with van der Waals surface area (Å²) < 4.78 is 46.5. The van der Waals surface area contributed by atoms with Crippen LogP contribution in [0.25, 0.3) is 22.0 Å². The van der Waals surface area contributed by atoms with Gasteiger partial charge in [0.2, 0.25) is 11.8 Å². The lowest BCUT2D eigenvalue weighted by atomic mass is 9.66. The number of urea groups is 1. The van der Waals surface area contributed by atoms with Crippen molar-refractivity contribution >= 4 is 34.6 Å². The molecule has 0 radical (unpaired) electrons. The Labute approximate surface area is 431 Å². The molecule has 3 saturated heterocycles. The third kappa shape index (κ3) is 8.51. The Morgan fingerprint density at radius 1 is 1.00 bits per heavy atom. The van der Waals surface area contributed by atoms with Crippen molar-refractivity contribution in [2.75, 3.05) is 58.3 Å². The van der Waals surface area contributed by atoms with Crippen LogP contribution in [-0.2, 0) is 17.4 Å². The molecule has 4 fully saturated rings. The summed E-state index contributed by atoms with van der Waals surface area (Å²) in [6, 6.07) is 22.5. The van der Waals surface area contributed by atoms with Crippen molar-refractivity contribution in [3.8, 4) is 22.6 Å². The number of carbonyl (C=O) groups excluding carboxylic acids is 3. The molecule has 0 bridgehead atoms. The second kappa shape index (κ2) is 19.4. The summed E-state index contributed by atoms with van der Waals surface area (Å²) in [6.45, 7) is 10.0. The number of aryl methyl sites for hydroxylation is 1. The molecule has 5 N–H and O–H groups in total. The number of ether oxygens (including phenoxy) is 2. The van der Waals surface area contributed by atoms with E-state index in [1.54, 1.807) is 18.9 Å². The van der Waals surface area contributed by atoms with Crippen LogP contribution >= 0.6 is 0 Å². The molecule has 14 nitrogen and oxygen atoms in total. The topological polar surface area (TPSA) is 159 Å². The van der Waals surface area contributed by atoms with Gasteiger partial charge in [0.25, 0.3) is 0 Å². The SMILES string of the molecule is C=C1CCN(c2nn(C)c3cc(C4CCN(C5CCC6(CC5)CN(C(=O)[C@@H]5CC=C(NC[C@]7(c8ccccc8)Oc8cc(F)c(C)c(-c9c(C(N)=O)ccc(OC)c9F)c8C7NC)CC5)C6)CC4)c#cc23)C(=O)N1. The normalized spacial score (nSPS) is 23.2. The number of rotatable bonds is 12. The van der Waals surface area contributed by atoms with Gasteiger partial charge in [0.1, 0.15) is 11.6 Å². The lowest BCUT2D eigenvalue weighted by Crippen LogP contribution is -2.61. The van der Waals surface area contributed by atoms with E-state index >= 15 is 8.78 Å². The van der Waals surface area contributed by atoms with Gasteiger partial charge in [-0.15, -0.1) is 0 Å². The van der Waals surface area contributed by atoms with Crippen LogP contribution in [0.15, 0.2) is 78.6 Å². The van der Waals surface area contributed by atoms with Gasteiger partial charge in [-0.05, 0) is 120 Å². The van der Waals surface area contributed by atoms with Crippen LogP contribution in [0.2, 0.25) is 0 Å². The second-order valence-corrected chi connectivity index (χ2v) is 21.5. The Morgan fingerprint density at radius 3 is 2.43 bits per heavy atom. The minimum Gasteiger partial charge on any atom is -0.494 e. The number of fused-ring (bicyclic) bond motifs is 2. The number of nitrogens with one attached hydrogen (secondary N) is 3. The second-order valence-electron chi connectivity index (χ2n) is 21.5. The first-order valence-corrected chi connectivity index (χ1v) is 26.2. The number of piperidine rings is 1. The summed E-state index contributed by atoms with van der Waals surface area (Å²) >= 11 is 0. The number of primary amides is 1. The lowest BCUT2D eigenvalue weighted by Gasteiger charge is -2.55. The van der Waals surface area contributed by atoms with Gasteiger partial charge < -0.3 is 41.0 Å². The van der Waals surface area contributed by atoms with Crippen molar-refractivity contribution in [2.45, 2.75) is 94.7 Å². The van der Waals surface area contributed by atoms with Gasteiger partial charge in [0, 0.05) is 90.2 Å². The summed E-state index contributed by atoms with van der Waals surface area (Å²) in [4.78, 5) is 46.0. The fraction of sp³-hybridized carbons (Fsp3) is 0.448. The van der Waals surface area contributed by atoms with Crippen molar-refractivity contribution < 1.29 is 32.6 Å². The zero-order valence-corrected chi connectivity index (χ0v) is 42.7. The highest BCUT2D eigenvalue weighted by Crippen LogP contribution is 2.55. The number of allylic oxidation sites excluding steroid dienone is 2. The van der Waals surface area contributed by atoms with Gasteiger partial charge in [-0.1, -0.05) is 55.1 Å². The maximum atomic E-state index is 16.4. The van der Waals surface area contributed by atoms with Crippen LogP contribution in [-0.4, -0.2) is 96.9 Å². The molecule has 5 aromatic rings. The first kappa shape index (κ1) is 49.3. The fourth-order valence-corrected chi connectivity index (χ4v) is 13.1. The number of likely N-dealkylation sites (tertiary alicyclic amines) is 2. The number of likely N-dealkylation sites (N-methyl/N-ethyl adjacent to an activating group) is 1. The molecular formula is C58H65F2N9O5. The van der Waals surface area contributed by atoms with E-state index in [4.69, 9.17) is 20.3 Å². The smallest absolute Gasteiger partial charge is 0.327 e. The lowest BCUT2D eigenvalue weighted by molar-refractivity contribution is -0.151. The number of nitrogens with zero attached hydrogens (tertiary/aromatic N) is 5. The zero-order valence-electron chi connectivity index (χ0n) is 42.7. The zero-order chi connectivity index (χ0) is 51.6. The van der Waals surface area contributed by atoms with Crippen molar-refractivity contribution in [3.63, 3.8) is 0 Å². The minimum atomic E-state index is -1.14. The number of carbonyl (C=O) groups is 3. The molecule has 1 unspecified atom stereocenters. The molecule has 386 valence electrons. The number of methoxy groups -OCH3 is 1. The Morgan fingerprint density at radius 2 is 1.76 bits per heavy atom. The average molecular weight is 1010 g/mol. The van der Waals surface area contributed by atoms with E-state index in [2.05, 4.69) is 56.6 Å². The predicted molar refractivity (Wildman–Crippen MR) is 278 cm³/mol. The Kier molecular flexibility index (Phi) is 12.9. The largest absolute Gasteiger partial charge is 0.494 e. The third-order valence-electron chi connectivity index (χ3n) is 17.3. The average Bonchev–Trinajstić information content (AvgIpc) is 3.91. The van der Waals surface area contributed by atoms with Crippen LogP contribution in [0.4, 0.5) is 19.4 Å². The van der Waals surface area contributed by atoms with Crippen molar-refractivity contribution in [1.29, 1.82) is 0 Å². The molecule has 1 spiro atoms. The van der Waals surface area contributed by atoms with E-state index < -0.39 is 29.2 Å². The van der Waals surface area contributed by atoms with Crippen molar-refractivity contribution in [2.24, 2.45) is 24.1 Å². The maximum Gasteiger partial charge on any atom is 0.327 e. The predicted octanol–water partition coefficient (Wildman–Crippen LogP) is 8.44. The van der Waals surface area contributed by atoms with Gasteiger partial charge in [-0.3, -0.25) is 19.2 Å². The van der Waals surface area contributed by atoms with Gasteiger partial charge in [0.15, 0.2) is 23.0 Å². The molecule has 1 saturated carbocycles. The molecule has 1 aromatic heterocycles. The van der Waals surface area contributed by atoms with Gasteiger partial charge in [-0.2, -0.15) is 5.10 Å². The third-order valence-corrected chi connectivity index (χ3v) is 17.3. The number of hydrogen-bond donors (Lipinski definition) is 4. The molecular weight excluding hydrogens is 941 g/mol. The van der Waals surface area contributed by atoms with E-state index in [1.165, 1.54) is 25.3 Å². The van der Waals surface area contributed by atoms with Gasteiger partial charge >= 0.3 is 6.03 Å². The number of amides is 4. The van der Waals surface area contributed by atoms with E-state index in [-0.39, 0.29) is 63.6 Å². The summed E-state index contributed by atoms with van der Waals surface area (Å²) in [5.74, 6) is -1.03. The van der Waals surface area contributed by atoms with Crippen molar-refractivity contribution in [3.05, 3.63) is 130 Å². The van der Waals surface area contributed by atoms with E-state index in [1.807, 2.05) is 42.1 Å². The number of nitrogens with two attached hydrogens (primary N) is 1. The first-order chi connectivity index (χ1) is 35.7. The minimum absolute atomic E-state index is 0.0890. The van der Waals surface area contributed by atoms with Gasteiger partial charge in [-0.25, -0.2) is 13.6 Å². The molecule has 6 aliphatic rings. The molecule has 74 heavy (non-hydrogen) atoms. The van der Waals surface area contributed by atoms with Gasteiger partial charge in [0.05, 0.1) is 36.2 Å². The molecule has 4 aliphatic heterocycles. The number of hydrogen-bond acceptors (Lipinski definition) is 9. The number of benzene rings is 3. The van der Waals surface area contributed by atoms with E-state index in [9.17, 15) is 14.4 Å². The summed E-state index contributed by atoms with van der Waals surface area (Å²) in [7, 11) is 5.03. The highest BCUT2D eigenvalue weighted by Gasteiger charge is 2.52. The quantitative estimate of drug-likeness (QED) is 0.0963. The molecule has 4 aromatic carbocycles. The molecule has 4 amide bonds. The highest BCUT2D eigenvalue weighted by atomic mass is 19.1. The molecule has 5 heterocycles. The highest BCUT2D eigenvalue weighted by molar-refractivity contribution is 6.02. The summed E-state index contributed by atoms with van der Waals surface area (Å²) in [5, 5.41) is 15.4. The molecule has 2 aliphatic carbocycles. The standard InChI is InChI=1S/C58H65F2N9O5/c1-34-21-28-69(56(72)64-34)54-42-16-13-38(29-45(42)66(4)65-54)36-22-26-67(27-23-36)41-19-24-57(25-20-41)32-68(33-57)55(71)37-11-14-40(15-12-37)63-31-58(39-9-7-6-8-10-39)52(62-3)50-47(74-58)30-44(59)35(2)48(50)49-43(53(61)70)17-18-46(73-5)51(49)60/h6-10,14,17-18,29-30,36-37,41,52,62-63H,1,11-12,15,19-28,31-33H2,2-5H3,(H2,61,70)(H,64,72)/t37-,52?,58-/m1/s1. The van der Waals surface area contributed by atoms with Crippen LogP contribution < -0.4 is 36.1 Å². The number of halogens is 2. The molecule has 11 rings (SSSR count). The monoisotopic (exact) mass is 1010 g/mol. The summed E-state index contributed by atoms with van der Waals surface area (Å²) in [5.41, 5.74) is 10.1. The van der Waals surface area contributed by atoms with Crippen LogP contribution in [0.5, 0.6) is 11.5 Å². The Bertz CT molecular complexity index is 3080. The number of anilines is 1. The van der Waals surface area contributed by atoms with Crippen LogP contribution in [0, 0.1) is 42.0 Å². The fourth-order valence-electron chi connectivity index (χ4n) is 13.1. The maximum absolute atomic E-state index is 16.4. The Hall–Kier alpha value is -6.96.